The summed E-state index contributed by atoms with van der Waals surface area (Å²) >= 11 is 0. The lowest BCUT2D eigenvalue weighted by Crippen LogP contribution is -2.31. The highest BCUT2D eigenvalue weighted by Crippen LogP contribution is 2.30. The normalized spacial score (nSPS) is 21.4. The Kier molecular flexibility index (Phi) is 4.44. The van der Waals surface area contributed by atoms with Gasteiger partial charge in [0.2, 0.25) is 11.8 Å². The summed E-state index contributed by atoms with van der Waals surface area (Å²) in [6.45, 7) is 2.92. The van der Waals surface area contributed by atoms with Crippen LogP contribution in [0.15, 0.2) is 22.6 Å². The second kappa shape index (κ2) is 6.50. The van der Waals surface area contributed by atoms with Crippen molar-refractivity contribution in [1.29, 1.82) is 0 Å². The molecule has 0 bridgehead atoms. The first-order valence-electron chi connectivity index (χ1n) is 7.28. The van der Waals surface area contributed by atoms with Gasteiger partial charge >= 0.3 is 0 Å². The summed E-state index contributed by atoms with van der Waals surface area (Å²) in [5, 5.41) is 11.1. The van der Waals surface area contributed by atoms with Crippen LogP contribution < -0.4 is 5.32 Å². The van der Waals surface area contributed by atoms with Crippen LogP contribution in [0.25, 0.3) is 0 Å². The summed E-state index contributed by atoms with van der Waals surface area (Å²) < 4.78 is 37.5. The number of aromatic nitrogens is 2. The molecule has 7 heteroatoms. The van der Waals surface area contributed by atoms with Gasteiger partial charge in [0.15, 0.2) is 11.6 Å². The lowest BCUT2D eigenvalue weighted by molar-refractivity contribution is 0.0976. The zero-order valence-electron chi connectivity index (χ0n) is 12.2. The fourth-order valence-electron chi connectivity index (χ4n) is 2.54. The van der Waals surface area contributed by atoms with Gasteiger partial charge in [-0.25, -0.2) is 8.78 Å². The smallest absolute Gasteiger partial charge is 0.230 e. The van der Waals surface area contributed by atoms with Crippen molar-refractivity contribution in [2.75, 3.05) is 6.61 Å². The molecule has 22 heavy (non-hydrogen) atoms. The average molecular weight is 309 g/mol. The molecule has 1 aromatic carbocycles. The summed E-state index contributed by atoms with van der Waals surface area (Å²) in [5.74, 6) is -0.620. The number of halogens is 2. The van der Waals surface area contributed by atoms with Gasteiger partial charge in [-0.3, -0.25) is 0 Å². The molecule has 0 spiro atoms. The number of nitrogens with one attached hydrogen (secondary N) is 1. The molecular weight excluding hydrogens is 292 g/mol. The molecule has 3 rings (SSSR count). The van der Waals surface area contributed by atoms with E-state index in [1.54, 1.807) is 6.07 Å². The van der Waals surface area contributed by atoms with Gasteiger partial charge in [0.05, 0.1) is 12.6 Å². The van der Waals surface area contributed by atoms with Gasteiger partial charge < -0.3 is 14.5 Å². The second-order valence-corrected chi connectivity index (χ2v) is 5.18. The van der Waals surface area contributed by atoms with Crippen molar-refractivity contribution in [2.24, 2.45) is 0 Å². The number of hydrogen-bond acceptors (Lipinski definition) is 5. The quantitative estimate of drug-likeness (QED) is 0.919. The Balaban J connectivity index is 1.66. The topological polar surface area (TPSA) is 60.2 Å². The summed E-state index contributed by atoms with van der Waals surface area (Å²) in [6.07, 6.45) is 1.15. The highest BCUT2D eigenvalue weighted by Gasteiger charge is 2.30. The van der Waals surface area contributed by atoms with Crippen molar-refractivity contribution < 1.29 is 17.9 Å². The molecule has 0 unspecified atom stereocenters. The molecule has 1 N–H and O–H groups in total. The van der Waals surface area contributed by atoms with Gasteiger partial charge in [-0.15, -0.1) is 10.2 Å². The van der Waals surface area contributed by atoms with Crippen molar-refractivity contribution in [3.8, 4) is 0 Å². The first-order chi connectivity index (χ1) is 10.7. The number of aryl methyl sites for hydroxylation is 1. The van der Waals surface area contributed by atoms with Crippen molar-refractivity contribution in [3.63, 3.8) is 0 Å². The maximum atomic E-state index is 13.4. The van der Waals surface area contributed by atoms with Crippen molar-refractivity contribution in [2.45, 2.75) is 38.5 Å². The van der Waals surface area contributed by atoms with Gasteiger partial charge in [0.1, 0.15) is 0 Å². The molecule has 1 aliphatic rings. The summed E-state index contributed by atoms with van der Waals surface area (Å²) in [7, 11) is 0. The average Bonchev–Trinajstić information content (AvgIpc) is 3.16. The van der Waals surface area contributed by atoms with E-state index in [1.165, 1.54) is 6.07 Å². The Morgan fingerprint density at radius 1 is 1.23 bits per heavy atom. The summed E-state index contributed by atoms with van der Waals surface area (Å²) in [5.41, 5.74) is 0.619. The molecule has 0 saturated carbocycles. The lowest BCUT2D eigenvalue weighted by atomic mass is 10.0. The van der Waals surface area contributed by atoms with E-state index in [-0.39, 0.29) is 12.1 Å². The maximum Gasteiger partial charge on any atom is 0.230 e. The van der Waals surface area contributed by atoms with Crippen LogP contribution in [-0.4, -0.2) is 22.8 Å². The zero-order valence-corrected chi connectivity index (χ0v) is 12.2. The standard InChI is InChI=1S/C15H17F2N3O2/c1-2-13-19-20-14(22-13)8-18-12-5-6-21-15(12)9-3-4-10(16)11(17)7-9/h3-4,7,12,15,18H,2,5-6,8H2,1H3/t12-,15-/m1/s1. The van der Waals surface area contributed by atoms with Crippen LogP contribution in [0.2, 0.25) is 0 Å². The molecule has 2 aromatic rings. The van der Waals surface area contributed by atoms with Crippen LogP contribution in [0.3, 0.4) is 0 Å². The van der Waals surface area contributed by atoms with Crippen molar-refractivity contribution >= 4 is 0 Å². The van der Waals surface area contributed by atoms with Crippen LogP contribution in [0.1, 0.15) is 36.8 Å². The predicted molar refractivity (Wildman–Crippen MR) is 74.0 cm³/mol. The summed E-state index contributed by atoms with van der Waals surface area (Å²) in [6, 6.07) is 3.84. The first-order valence-corrected chi connectivity index (χ1v) is 7.28. The van der Waals surface area contributed by atoms with E-state index in [0.717, 1.165) is 12.5 Å². The van der Waals surface area contributed by atoms with Gasteiger partial charge in [-0.1, -0.05) is 13.0 Å². The Bertz CT molecular complexity index is 647. The maximum absolute atomic E-state index is 13.4. The molecule has 1 fully saturated rings. The minimum absolute atomic E-state index is 0.0122. The fraction of sp³-hybridized carbons (Fsp3) is 0.467. The molecule has 0 amide bonds. The third-order valence-corrected chi connectivity index (χ3v) is 3.69. The molecular formula is C15H17F2N3O2. The minimum Gasteiger partial charge on any atom is -0.424 e. The minimum atomic E-state index is -0.865. The predicted octanol–water partition coefficient (Wildman–Crippen LogP) is 2.53. The van der Waals surface area contributed by atoms with Crippen LogP contribution in [-0.2, 0) is 17.7 Å². The van der Waals surface area contributed by atoms with Crippen LogP contribution >= 0.6 is 0 Å². The highest BCUT2D eigenvalue weighted by atomic mass is 19.2. The second-order valence-electron chi connectivity index (χ2n) is 5.18. The SMILES string of the molecule is CCc1nnc(CN[C@@H]2CCO[C@@H]2c2ccc(F)c(F)c2)o1. The Morgan fingerprint density at radius 3 is 2.77 bits per heavy atom. The third kappa shape index (κ3) is 3.15. The van der Waals surface area contributed by atoms with E-state index in [0.29, 0.717) is 36.9 Å². The number of rotatable bonds is 5. The lowest BCUT2D eigenvalue weighted by Gasteiger charge is -2.19. The molecule has 1 aromatic heterocycles. The molecule has 1 saturated heterocycles. The molecule has 2 heterocycles. The van der Waals surface area contributed by atoms with Gasteiger partial charge in [-0.2, -0.15) is 0 Å². The Labute approximate surface area is 126 Å². The fourth-order valence-corrected chi connectivity index (χ4v) is 2.54. The molecule has 5 nitrogen and oxygen atoms in total. The van der Waals surface area contributed by atoms with E-state index in [4.69, 9.17) is 9.15 Å². The molecule has 0 aliphatic carbocycles. The highest BCUT2D eigenvalue weighted by molar-refractivity contribution is 5.22. The summed E-state index contributed by atoms with van der Waals surface area (Å²) in [4.78, 5) is 0. The number of benzene rings is 1. The Morgan fingerprint density at radius 2 is 2.05 bits per heavy atom. The van der Waals surface area contributed by atoms with Gasteiger partial charge in [0, 0.05) is 19.1 Å². The van der Waals surface area contributed by atoms with E-state index < -0.39 is 11.6 Å². The molecule has 2 atom stereocenters. The van der Waals surface area contributed by atoms with Crippen molar-refractivity contribution in [3.05, 3.63) is 47.2 Å². The molecule has 0 radical (unpaired) electrons. The monoisotopic (exact) mass is 309 g/mol. The van der Waals surface area contributed by atoms with Crippen LogP contribution in [0.4, 0.5) is 8.78 Å². The Hall–Kier alpha value is -1.86. The van der Waals surface area contributed by atoms with Gasteiger partial charge in [-0.05, 0) is 24.1 Å². The zero-order chi connectivity index (χ0) is 15.5. The van der Waals surface area contributed by atoms with E-state index >= 15 is 0 Å². The van der Waals surface area contributed by atoms with Crippen LogP contribution in [0, 0.1) is 11.6 Å². The molecule has 1 aliphatic heterocycles. The number of nitrogens with zero attached hydrogens (tertiary/aromatic N) is 2. The number of hydrogen-bond donors (Lipinski definition) is 1. The van der Waals surface area contributed by atoms with Crippen molar-refractivity contribution in [1.82, 2.24) is 15.5 Å². The van der Waals surface area contributed by atoms with E-state index in [2.05, 4.69) is 15.5 Å². The van der Waals surface area contributed by atoms with E-state index in [9.17, 15) is 8.78 Å². The third-order valence-electron chi connectivity index (χ3n) is 3.69. The first kappa shape index (κ1) is 15.1. The largest absolute Gasteiger partial charge is 0.424 e. The van der Waals surface area contributed by atoms with Gasteiger partial charge in [0.25, 0.3) is 0 Å². The molecule has 118 valence electrons. The number of ether oxygens (including phenoxy) is 1. The van der Waals surface area contributed by atoms with Crippen LogP contribution in [0.5, 0.6) is 0 Å². The van der Waals surface area contributed by atoms with E-state index in [1.807, 2.05) is 6.92 Å².